The Morgan fingerprint density at radius 3 is 1.33 bits per heavy atom. The fraction of sp³-hybridized carbons (Fsp3) is 0.850. The number of nitrogens with one attached hydrogen (secondary N) is 2. The number of carbonyl (C=O) groups excluding carboxylic acids is 2. The van der Waals surface area contributed by atoms with Gasteiger partial charge < -0.3 is 15.4 Å². The average Bonchev–Trinajstić information content (AvgIpc) is 3.04. The molecule has 5 heteroatoms. The SMILES string of the molecule is CCCCCCCCC=CCCCCCCCC(=O)NCCNCCOC(=O)CCCCCCCC=CCCCCCCCC. The number of ether oxygens (including phenoxy) is 1. The lowest BCUT2D eigenvalue weighted by Gasteiger charge is -2.08. The number of carbonyl (C=O) groups is 2. The van der Waals surface area contributed by atoms with Crippen LogP contribution < -0.4 is 10.6 Å². The molecule has 0 aliphatic carbocycles. The normalized spacial score (nSPS) is 11.6. The summed E-state index contributed by atoms with van der Waals surface area (Å²) in [6, 6.07) is 0. The zero-order chi connectivity index (χ0) is 32.7. The summed E-state index contributed by atoms with van der Waals surface area (Å²) in [6.45, 7) is 6.88. The Balaban J connectivity index is 3.31. The summed E-state index contributed by atoms with van der Waals surface area (Å²) < 4.78 is 5.32. The predicted molar refractivity (Wildman–Crippen MR) is 196 cm³/mol. The fourth-order valence-electron chi connectivity index (χ4n) is 5.51. The molecular formula is C40H76N2O3. The molecular weight excluding hydrogens is 556 g/mol. The van der Waals surface area contributed by atoms with Gasteiger partial charge in [-0.2, -0.15) is 0 Å². The van der Waals surface area contributed by atoms with Crippen LogP contribution in [0.4, 0.5) is 0 Å². The number of rotatable bonds is 36. The zero-order valence-corrected chi connectivity index (χ0v) is 30.2. The van der Waals surface area contributed by atoms with E-state index < -0.39 is 0 Å². The largest absolute Gasteiger partial charge is 0.464 e. The van der Waals surface area contributed by atoms with E-state index in [4.69, 9.17) is 4.74 Å². The number of allylic oxidation sites excluding steroid dienone is 4. The second-order valence-corrected chi connectivity index (χ2v) is 13.0. The van der Waals surface area contributed by atoms with E-state index in [2.05, 4.69) is 48.8 Å². The van der Waals surface area contributed by atoms with E-state index in [1.54, 1.807) is 0 Å². The van der Waals surface area contributed by atoms with Gasteiger partial charge in [0.25, 0.3) is 0 Å². The van der Waals surface area contributed by atoms with E-state index in [0.29, 0.717) is 39.1 Å². The predicted octanol–water partition coefficient (Wildman–Crippen LogP) is 11.3. The highest BCUT2D eigenvalue weighted by atomic mass is 16.5. The number of amides is 1. The first-order chi connectivity index (χ1) is 22.2. The van der Waals surface area contributed by atoms with Crippen LogP contribution in [0.25, 0.3) is 0 Å². The van der Waals surface area contributed by atoms with E-state index in [1.165, 1.54) is 141 Å². The van der Waals surface area contributed by atoms with Crippen molar-refractivity contribution in [3.05, 3.63) is 24.3 Å². The van der Waals surface area contributed by atoms with Crippen LogP contribution >= 0.6 is 0 Å². The first-order valence-corrected chi connectivity index (χ1v) is 19.6. The molecule has 0 unspecified atom stereocenters. The molecule has 45 heavy (non-hydrogen) atoms. The van der Waals surface area contributed by atoms with Crippen LogP contribution in [0.2, 0.25) is 0 Å². The molecule has 0 heterocycles. The van der Waals surface area contributed by atoms with Crippen LogP contribution in [0.3, 0.4) is 0 Å². The van der Waals surface area contributed by atoms with Crippen LogP contribution in [0.1, 0.15) is 194 Å². The standard InChI is InChI=1S/C40H76N2O3/c1-3-5-7-9-11-13-15-17-19-21-23-25-27-29-31-33-39(43)42-36-35-41-37-38-45-40(44)34-32-30-28-26-24-22-20-18-16-14-12-10-8-6-4-2/h17-20,41H,3-16,21-38H2,1-2H3,(H,42,43). The Kier molecular flexibility index (Phi) is 37.2. The summed E-state index contributed by atoms with van der Waals surface area (Å²) in [7, 11) is 0. The molecule has 5 nitrogen and oxygen atoms in total. The lowest BCUT2D eigenvalue weighted by atomic mass is 10.1. The molecule has 0 aromatic carbocycles. The molecule has 0 aromatic heterocycles. The van der Waals surface area contributed by atoms with Crippen molar-refractivity contribution >= 4 is 11.9 Å². The van der Waals surface area contributed by atoms with Crippen molar-refractivity contribution in [1.29, 1.82) is 0 Å². The average molecular weight is 633 g/mol. The summed E-state index contributed by atoms with van der Waals surface area (Å²) in [4.78, 5) is 23.9. The Morgan fingerprint density at radius 2 is 0.867 bits per heavy atom. The second kappa shape index (κ2) is 38.6. The quantitative estimate of drug-likeness (QED) is 0.0410. The van der Waals surface area contributed by atoms with Crippen molar-refractivity contribution < 1.29 is 14.3 Å². The van der Waals surface area contributed by atoms with Crippen molar-refractivity contribution in [3.63, 3.8) is 0 Å². The van der Waals surface area contributed by atoms with E-state index in [1.807, 2.05) is 0 Å². The number of hydrogen-bond donors (Lipinski definition) is 2. The monoisotopic (exact) mass is 633 g/mol. The van der Waals surface area contributed by atoms with E-state index in [0.717, 1.165) is 25.7 Å². The summed E-state index contributed by atoms with van der Waals surface area (Å²) in [5, 5.41) is 6.22. The highest BCUT2D eigenvalue weighted by Crippen LogP contribution is 2.11. The smallest absolute Gasteiger partial charge is 0.305 e. The van der Waals surface area contributed by atoms with Gasteiger partial charge in [-0.3, -0.25) is 9.59 Å². The minimum atomic E-state index is -0.0947. The van der Waals surface area contributed by atoms with E-state index in [9.17, 15) is 9.59 Å². The molecule has 0 saturated carbocycles. The molecule has 1 amide bonds. The van der Waals surface area contributed by atoms with Gasteiger partial charge in [0, 0.05) is 32.5 Å². The molecule has 0 aromatic rings. The Labute approximate surface area is 280 Å². The fourth-order valence-corrected chi connectivity index (χ4v) is 5.51. The van der Waals surface area contributed by atoms with Gasteiger partial charge in [-0.1, -0.05) is 141 Å². The van der Waals surface area contributed by atoms with E-state index >= 15 is 0 Å². The molecule has 0 aliphatic rings. The first kappa shape index (κ1) is 43.4. The zero-order valence-electron chi connectivity index (χ0n) is 30.2. The number of hydrogen-bond acceptors (Lipinski definition) is 4. The summed E-state index contributed by atoms with van der Waals surface area (Å²) in [5.74, 6) is 0.0449. The third kappa shape index (κ3) is 38.5. The number of esters is 1. The summed E-state index contributed by atoms with van der Waals surface area (Å²) in [6.07, 6.45) is 43.4. The maximum Gasteiger partial charge on any atom is 0.305 e. The molecule has 0 atom stereocenters. The van der Waals surface area contributed by atoms with Crippen molar-refractivity contribution in [3.8, 4) is 0 Å². The van der Waals surface area contributed by atoms with Crippen LogP contribution in [0.15, 0.2) is 24.3 Å². The van der Waals surface area contributed by atoms with Crippen LogP contribution in [-0.2, 0) is 14.3 Å². The van der Waals surface area contributed by atoms with Crippen LogP contribution in [0.5, 0.6) is 0 Å². The van der Waals surface area contributed by atoms with Crippen LogP contribution in [-0.4, -0.2) is 38.1 Å². The number of unbranched alkanes of at least 4 members (excludes halogenated alkanes) is 22. The lowest BCUT2D eigenvalue weighted by molar-refractivity contribution is -0.143. The van der Waals surface area contributed by atoms with Crippen LogP contribution in [0, 0.1) is 0 Å². The highest BCUT2D eigenvalue weighted by molar-refractivity contribution is 5.75. The van der Waals surface area contributed by atoms with Gasteiger partial charge in [0.05, 0.1) is 0 Å². The Morgan fingerprint density at radius 1 is 0.467 bits per heavy atom. The van der Waals surface area contributed by atoms with Gasteiger partial charge in [0.1, 0.15) is 6.61 Å². The molecule has 264 valence electrons. The molecule has 0 rings (SSSR count). The van der Waals surface area contributed by atoms with Gasteiger partial charge in [-0.15, -0.1) is 0 Å². The summed E-state index contributed by atoms with van der Waals surface area (Å²) >= 11 is 0. The Bertz CT molecular complexity index is 620. The van der Waals surface area contributed by atoms with Crippen molar-refractivity contribution in [2.45, 2.75) is 194 Å². The van der Waals surface area contributed by atoms with Gasteiger partial charge in [-0.05, 0) is 64.2 Å². The maximum atomic E-state index is 12.0. The minimum Gasteiger partial charge on any atom is -0.464 e. The topological polar surface area (TPSA) is 67.4 Å². The Hall–Kier alpha value is -1.62. The third-order valence-electron chi connectivity index (χ3n) is 8.47. The lowest BCUT2D eigenvalue weighted by Crippen LogP contribution is -2.33. The van der Waals surface area contributed by atoms with Gasteiger partial charge in [-0.25, -0.2) is 0 Å². The highest BCUT2D eigenvalue weighted by Gasteiger charge is 2.03. The van der Waals surface area contributed by atoms with Gasteiger partial charge in [0.2, 0.25) is 5.91 Å². The van der Waals surface area contributed by atoms with Gasteiger partial charge >= 0.3 is 5.97 Å². The van der Waals surface area contributed by atoms with Crippen molar-refractivity contribution in [1.82, 2.24) is 10.6 Å². The van der Waals surface area contributed by atoms with E-state index in [-0.39, 0.29) is 11.9 Å². The van der Waals surface area contributed by atoms with Gasteiger partial charge in [0.15, 0.2) is 0 Å². The van der Waals surface area contributed by atoms with Crippen molar-refractivity contribution in [2.24, 2.45) is 0 Å². The molecule has 0 aliphatic heterocycles. The van der Waals surface area contributed by atoms with Crippen molar-refractivity contribution in [2.75, 3.05) is 26.2 Å². The molecule has 0 bridgehead atoms. The molecule has 0 saturated heterocycles. The molecule has 0 fully saturated rings. The summed E-state index contributed by atoms with van der Waals surface area (Å²) in [5.41, 5.74) is 0. The molecule has 0 spiro atoms. The molecule has 0 radical (unpaired) electrons. The second-order valence-electron chi connectivity index (χ2n) is 13.0. The minimum absolute atomic E-state index is 0.0947. The molecule has 2 N–H and O–H groups in total. The third-order valence-corrected chi connectivity index (χ3v) is 8.47. The first-order valence-electron chi connectivity index (χ1n) is 19.6. The maximum absolute atomic E-state index is 12.0.